The summed E-state index contributed by atoms with van der Waals surface area (Å²) in [5, 5.41) is 0. The molecule has 2 fully saturated rings. The summed E-state index contributed by atoms with van der Waals surface area (Å²) in [4.78, 5) is 2.54. The Kier molecular flexibility index (Phi) is 3.33. The van der Waals surface area contributed by atoms with Crippen LogP contribution < -0.4 is 5.73 Å². The van der Waals surface area contributed by atoms with Gasteiger partial charge in [0, 0.05) is 25.7 Å². The molecule has 0 aromatic heterocycles. The maximum absolute atomic E-state index is 5.90. The summed E-state index contributed by atoms with van der Waals surface area (Å²) < 4.78 is 5.76. The van der Waals surface area contributed by atoms with Crippen molar-refractivity contribution < 1.29 is 4.74 Å². The van der Waals surface area contributed by atoms with E-state index in [1.165, 1.54) is 32.4 Å². The summed E-state index contributed by atoms with van der Waals surface area (Å²) in [6.45, 7) is 8.72. The van der Waals surface area contributed by atoms with Crippen LogP contribution in [0, 0.1) is 5.41 Å². The monoisotopic (exact) mass is 212 g/mol. The van der Waals surface area contributed by atoms with Gasteiger partial charge in [0.15, 0.2) is 0 Å². The smallest absolute Gasteiger partial charge is 0.0743 e. The molecule has 2 rings (SSSR count). The first-order chi connectivity index (χ1) is 7.12. The third-order valence-corrected chi connectivity index (χ3v) is 3.81. The predicted octanol–water partition coefficient (Wildman–Crippen LogP) is 1.22. The highest BCUT2D eigenvalue weighted by Gasteiger charge is 2.37. The van der Waals surface area contributed by atoms with Gasteiger partial charge in [-0.2, -0.15) is 0 Å². The fourth-order valence-corrected chi connectivity index (χ4v) is 2.88. The van der Waals surface area contributed by atoms with Crippen LogP contribution >= 0.6 is 0 Å². The zero-order chi connectivity index (χ0) is 10.9. The van der Waals surface area contributed by atoms with Crippen LogP contribution in [-0.2, 0) is 4.74 Å². The largest absolute Gasteiger partial charge is 0.377 e. The zero-order valence-corrected chi connectivity index (χ0v) is 10.0. The molecule has 3 heteroatoms. The van der Waals surface area contributed by atoms with Crippen LogP contribution in [0.1, 0.15) is 33.1 Å². The molecule has 2 saturated heterocycles. The number of nitrogens with two attached hydrogens (primary N) is 1. The zero-order valence-electron chi connectivity index (χ0n) is 10.0. The van der Waals surface area contributed by atoms with Crippen molar-refractivity contribution in [1.29, 1.82) is 0 Å². The third kappa shape index (κ3) is 2.52. The molecule has 2 aliphatic heterocycles. The third-order valence-electron chi connectivity index (χ3n) is 3.81. The molecule has 2 heterocycles. The van der Waals surface area contributed by atoms with Crippen LogP contribution in [0.5, 0.6) is 0 Å². The molecule has 0 aromatic carbocycles. The fraction of sp³-hybridized carbons (Fsp3) is 1.00. The fourth-order valence-electron chi connectivity index (χ4n) is 2.88. The molecule has 0 amide bonds. The molecular formula is C12H24N2O. The molecule has 0 radical (unpaired) electrons. The number of hydrogen-bond donors (Lipinski definition) is 1. The molecule has 88 valence electrons. The van der Waals surface area contributed by atoms with Crippen molar-refractivity contribution in [3.8, 4) is 0 Å². The first-order valence-corrected chi connectivity index (χ1v) is 6.18. The Morgan fingerprint density at radius 2 is 2.33 bits per heavy atom. The molecule has 2 unspecified atom stereocenters. The molecule has 2 atom stereocenters. The van der Waals surface area contributed by atoms with Gasteiger partial charge in [0.2, 0.25) is 0 Å². The van der Waals surface area contributed by atoms with E-state index in [4.69, 9.17) is 10.5 Å². The van der Waals surface area contributed by atoms with Crippen molar-refractivity contribution >= 4 is 0 Å². The van der Waals surface area contributed by atoms with Gasteiger partial charge in [-0.15, -0.1) is 0 Å². The molecule has 0 aliphatic carbocycles. The average Bonchev–Trinajstić information content (AvgIpc) is 2.77. The second-order valence-corrected chi connectivity index (χ2v) is 5.74. The second-order valence-electron chi connectivity index (χ2n) is 5.74. The van der Waals surface area contributed by atoms with E-state index in [2.05, 4.69) is 18.7 Å². The second kappa shape index (κ2) is 4.40. The molecule has 3 nitrogen and oxygen atoms in total. The van der Waals surface area contributed by atoms with Gasteiger partial charge < -0.3 is 10.5 Å². The quantitative estimate of drug-likeness (QED) is 0.764. The Morgan fingerprint density at radius 1 is 1.53 bits per heavy atom. The Morgan fingerprint density at radius 3 is 2.80 bits per heavy atom. The predicted molar refractivity (Wildman–Crippen MR) is 61.8 cm³/mol. The number of ether oxygens (including phenoxy) is 1. The average molecular weight is 212 g/mol. The lowest BCUT2D eigenvalue weighted by Gasteiger charge is -2.32. The molecule has 15 heavy (non-hydrogen) atoms. The van der Waals surface area contributed by atoms with Crippen molar-refractivity contribution in [3.05, 3.63) is 0 Å². The summed E-state index contributed by atoms with van der Waals surface area (Å²) >= 11 is 0. The SMILES string of the molecule is CC1(C)CCN(C(CN)C2CCCO2)C1. The van der Waals surface area contributed by atoms with Crippen LogP contribution in [-0.4, -0.2) is 43.3 Å². The van der Waals surface area contributed by atoms with E-state index >= 15 is 0 Å². The van der Waals surface area contributed by atoms with E-state index in [1.54, 1.807) is 0 Å². The van der Waals surface area contributed by atoms with Crippen molar-refractivity contribution in [1.82, 2.24) is 4.90 Å². The molecular weight excluding hydrogens is 188 g/mol. The van der Waals surface area contributed by atoms with Crippen molar-refractivity contribution in [2.24, 2.45) is 11.1 Å². The maximum atomic E-state index is 5.90. The van der Waals surface area contributed by atoms with E-state index in [-0.39, 0.29) is 0 Å². The topological polar surface area (TPSA) is 38.5 Å². The standard InChI is InChI=1S/C12H24N2O/c1-12(2)5-6-14(9-12)10(8-13)11-4-3-7-15-11/h10-11H,3-9,13H2,1-2H3. The lowest BCUT2D eigenvalue weighted by atomic mass is 9.93. The summed E-state index contributed by atoms with van der Waals surface area (Å²) in [7, 11) is 0. The Labute approximate surface area is 93.0 Å². The highest BCUT2D eigenvalue weighted by atomic mass is 16.5. The van der Waals surface area contributed by atoms with Gasteiger partial charge in [0.05, 0.1) is 6.10 Å². The summed E-state index contributed by atoms with van der Waals surface area (Å²) in [5.41, 5.74) is 6.36. The lowest BCUT2D eigenvalue weighted by molar-refractivity contribution is 0.0332. The van der Waals surface area contributed by atoms with Crippen LogP contribution in [0.15, 0.2) is 0 Å². The summed E-state index contributed by atoms with van der Waals surface area (Å²) in [5.74, 6) is 0. The van der Waals surface area contributed by atoms with Gasteiger partial charge in [0.25, 0.3) is 0 Å². The molecule has 2 N–H and O–H groups in total. The first-order valence-electron chi connectivity index (χ1n) is 6.18. The minimum atomic E-state index is 0.392. The molecule has 0 bridgehead atoms. The van der Waals surface area contributed by atoms with Gasteiger partial charge in [-0.05, 0) is 31.2 Å². The van der Waals surface area contributed by atoms with Gasteiger partial charge >= 0.3 is 0 Å². The van der Waals surface area contributed by atoms with E-state index in [0.717, 1.165) is 13.2 Å². The van der Waals surface area contributed by atoms with E-state index < -0.39 is 0 Å². The highest BCUT2D eigenvalue weighted by molar-refractivity contribution is 4.91. The van der Waals surface area contributed by atoms with Crippen LogP contribution in [0.4, 0.5) is 0 Å². The highest BCUT2D eigenvalue weighted by Crippen LogP contribution is 2.32. The Balaban J connectivity index is 1.95. The molecule has 0 spiro atoms. The van der Waals surface area contributed by atoms with Gasteiger partial charge in [-0.3, -0.25) is 4.90 Å². The molecule has 0 saturated carbocycles. The van der Waals surface area contributed by atoms with Gasteiger partial charge in [-0.1, -0.05) is 13.8 Å². The van der Waals surface area contributed by atoms with Crippen LogP contribution in [0.25, 0.3) is 0 Å². The van der Waals surface area contributed by atoms with Crippen molar-refractivity contribution in [2.45, 2.75) is 45.3 Å². The Bertz CT molecular complexity index is 212. The molecule has 0 aromatic rings. The van der Waals surface area contributed by atoms with Gasteiger partial charge in [0.1, 0.15) is 0 Å². The van der Waals surface area contributed by atoms with Crippen LogP contribution in [0.2, 0.25) is 0 Å². The normalized spacial score (nSPS) is 33.4. The minimum absolute atomic E-state index is 0.392. The number of rotatable bonds is 3. The lowest BCUT2D eigenvalue weighted by Crippen LogP contribution is -2.47. The van der Waals surface area contributed by atoms with Crippen molar-refractivity contribution in [2.75, 3.05) is 26.2 Å². The maximum Gasteiger partial charge on any atom is 0.0743 e. The van der Waals surface area contributed by atoms with E-state index in [0.29, 0.717) is 17.6 Å². The molecule has 2 aliphatic rings. The minimum Gasteiger partial charge on any atom is -0.377 e. The Hall–Kier alpha value is -0.120. The van der Waals surface area contributed by atoms with E-state index in [1.807, 2.05) is 0 Å². The first kappa shape index (κ1) is 11.4. The van der Waals surface area contributed by atoms with Gasteiger partial charge in [-0.25, -0.2) is 0 Å². The summed E-state index contributed by atoms with van der Waals surface area (Å²) in [6, 6.07) is 0.453. The summed E-state index contributed by atoms with van der Waals surface area (Å²) in [6.07, 6.45) is 4.08. The number of likely N-dealkylation sites (tertiary alicyclic amines) is 1. The van der Waals surface area contributed by atoms with Crippen molar-refractivity contribution in [3.63, 3.8) is 0 Å². The number of nitrogens with zero attached hydrogens (tertiary/aromatic N) is 1. The van der Waals surface area contributed by atoms with E-state index in [9.17, 15) is 0 Å². The number of hydrogen-bond acceptors (Lipinski definition) is 3. The van der Waals surface area contributed by atoms with Crippen LogP contribution in [0.3, 0.4) is 0 Å².